The van der Waals surface area contributed by atoms with Crippen molar-refractivity contribution in [1.82, 2.24) is 14.2 Å². The van der Waals surface area contributed by atoms with Crippen LogP contribution in [0.25, 0.3) is 9.88 Å². The summed E-state index contributed by atoms with van der Waals surface area (Å²) in [4.78, 5) is 20.3. The smallest absolute Gasteiger partial charge is 0.265 e. The summed E-state index contributed by atoms with van der Waals surface area (Å²) < 4.78 is 53.2. The topological polar surface area (TPSA) is 70.6 Å². The van der Waals surface area contributed by atoms with Crippen LogP contribution in [-0.2, 0) is 10.0 Å². The van der Waals surface area contributed by atoms with Gasteiger partial charge in [0, 0.05) is 26.2 Å². The largest absolute Gasteiger partial charge is 0.335 e. The van der Waals surface area contributed by atoms with Crippen molar-refractivity contribution in [3.63, 3.8) is 0 Å². The zero-order valence-corrected chi connectivity index (χ0v) is 18.3. The summed E-state index contributed by atoms with van der Waals surface area (Å²) in [7, 11) is -3.97. The highest BCUT2D eigenvalue weighted by atomic mass is 32.2. The number of carbonyl (C=O) groups excluding carboxylic acids is 1. The average Bonchev–Trinajstić information content (AvgIpc) is 3.39. The standard InChI is InChI=1S/C19H17F2N3O3S3/c1-12-17(29-18(22-12)16-3-2-10-28-16)19(25)23-6-8-24(9-7-23)30(26,27)13-4-5-14(20)15(21)11-13/h2-5,10-11H,6-9H2,1H3. The predicted octanol–water partition coefficient (Wildman–Crippen LogP) is 3.60. The molecule has 4 rings (SSSR count). The second-order valence-electron chi connectivity index (χ2n) is 6.68. The molecule has 1 aliphatic heterocycles. The number of thiophene rings is 1. The summed E-state index contributed by atoms with van der Waals surface area (Å²) in [6.07, 6.45) is 0. The number of aromatic nitrogens is 1. The molecule has 0 atom stereocenters. The lowest BCUT2D eigenvalue weighted by molar-refractivity contribution is 0.0702. The Hall–Kier alpha value is -2.21. The Balaban J connectivity index is 1.47. The van der Waals surface area contributed by atoms with E-state index in [2.05, 4.69) is 4.98 Å². The van der Waals surface area contributed by atoms with Gasteiger partial charge in [0.15, 0.2) is 11.6 Å². The van der Waals surface area contributed by atoms with Gasteiger partial charge in [-0.05, 0) is 36.6 Å². The monoisotopic (exact) mass is 469 g/mol. The van der Waals surface area contributed by atoms with Crippen LogP contribution in [-0.4, -0.2) is 54.7 Å². The fourth-order valence-corrected chi connectivity index (χ4v) is 6.43. The lowest BCUT2D eigenvalue weighted by Gasteiger charge is -2.33. The maximum Gasteiger partial charge on any atom is 0.265 e. The molecule has 1 saturated heterocycles. The van der Waals surface area contributed by atoms with Gasteiger partial charge in [0.05, 0.1) is 15.5 Å². The zero-order valence-electron chi connectivity index (χ0n) is 15.8. The van der Waals surface area contributed by atoms with Gasteiger partial charge in [-0.1, -0.05) is 6.07 Å². The first-order valence-corrected chi connectivity index (χ1v) is 12.2. The van der Waals surface area contributed by atoms with Gasteiger partial charge in [-0.25, -0.2) is 22.2 Å². The highest BCUT2D eigenvalue weighted by molar-refractivity contribution is 7.89. The summed E-state index contributed by atoms with van der Waals surface area (Å²) in [5.74, 6) is -2.50. The number of piperazine rings is 1. The molecule has 11 heteroatoms. The van der Waals surface area contributed by atoms with Crippen molar-refractivity contribution in [1.29, 1.82) is 0 Å². The Kier molecular flexibility index (Phi) is 5.71. The van der Waals surface area contributed by atoms with Crippen molar-refractivity contribution in [3.8, 4) is 9.88 Å². The fourth-order valence-electron chi connectivity index (χ4n) is 3.16. The number of rotatable bonds is 4. The van der Waals surface area contributed by atoms with E-state index in [4.69, 9.17) is 0 Å². The second-order valence-corrected chi connectivity index (χ2v) is 10.6. The van der Waals surface area contributed by atoms with Gasteiger partial charge in [-0.15, -0.1) is 22.7 Å². The van der Waals surface area contributed by atoms with Crippen molar-refractivity contribution < 1.29 is 22.0 Å². The molecule has 2 aromatic heterocycles. The zero-order chi connectivity index (χ0) is 21.5. The SMILES string of the molecule is Cc1nc(-c2cccs2)sc1C(=O)N1CCN(S(=O)(=O)c2ccc(F)c(F)c2)CC1. The van der Waals surface area contributed by atoms with Gasteiger partial charge in [0.25, 0.3) is 5.91 Å². The molecule has 1 amide bonds. The van der Waals surface area contributed by atoms with Gasteiger partial charge < -0.3 is 4.90 Å². The minimum atomic E-state index is -3.97. The van der Waals surface area contributed by atoms with Crippen molar-refractivity contribution in [3.05, 3.63) is 57.9 Å². The van der Waals surface area contributed by atoms with E-state index in [1.165, 1.54) is 15.6 Å². The number of aryl methyl sites for hydroxylation is 1. The third-order valence-corrected chi connectivity index (χ3v) is 8.86. The molecule has 0 bridgehead atoms. The van der Waals surface area contributed by atoms with Crippen LogP contribution < -0.4 is 0 Å². The van der Waals surface area contributed by atoms with Gasteiger partial charge >= 0.3 is 0 Å². The normalized spacial score (nSPS) is 15.5. The molecule has 6 nitrogen and oxygen atoms in total. The summed E-state index contributed by atoms with van der Waals surface area (Å²) in [6.45, 7) is 2.33. The van der Waals surface area contributed by atoms with Crippen LogP contribution in [0.5, 0.6) is 0 Å². The third-order valence-electron chi connectivity index (χ3n) is 4.78. The van der Waals surface area contributed by atoms with E-state index >= 15 is 0 Å². The summed E-state index contributed by atoms with van der Waals surface area (Å²) in [5.41, 5.74) is 0.644. The minimum absolute atomic E-state index is 0.0721. The quantitative estimate of drug-likeness (QED) is 0.585. The first kappa shape index (κ1) is 21.0. The Morgan fingerprint density at radius 3 is 2.47 bits per heavy atom. The molecule has 158 valence electrons. The Bertz CT molecular complexity index is 1190. The molecular formula is C19H17F2N3O3S3. The fraction of sp³-hybridized carbons (Fsp3) is 0.263. The molecule has 0 aliphatic carbocycles. The van der Waals surface area contributed by atoms with Crippen molar-refractivity contribution in [2.75, 3.05) is 26.2 Å². The Morgan fingerprint density at radius 1 is 1.10 bits per heavy atom. The number of carbonyl (C=O) groups is 1. The third kappa shape index (κ3) is 3.89. The number of amides is 1. The summed E-state index contributed by atoms with van der Waals surface area (Å²) in [5, 5.41) is 2.73. The van der Waals surface area contributed by atoms with Crippen molar-refractivity contribution >= 4 is 38.6 Å². The molecule has 3 heterocycles. The first-order valence-electron chi connectivity index (χ1n) is 9.03. The Morgan fingerprint density at radius 2 is 1.83 bits per heavy atom. The molecule has 0 radical (unpaired) electrons. The first-order chi connectivity index (χ1) is 14.3. The van der Waals surface area contributed by atoms with Crippen LogP contribution in [0.3, 0.4) is 0 Å². The molecule has 1 aromatic carbocycles. The van der Waals surface area contributed by atoms with E-state index in [0.717, 1.165) is 22.0 Å². The second kappa shape index (κ2) is 8.14. The predicted molar refractivity (Wildman–Crippen MR) is 111 cm³/mol. The van der Waals surface area contributed by atoms with Crippen molar-refractivity contribution in [2.24, 2.45) is 0 Å². The molecule has 1 fully saturated rings. The lowest BCUT2D eigenvalue weighted by atomic mass is 10.3. The number of hydrogen-bond donors (Lipinski definition) is 0. The van der Waals surface area contributed by atoms with E-state index in [0.29, 0.717) is 16.6 Å². The highest BCUT2D eigenvalue weighted by Crippen LogP contribution is 2.32. The van der Waals surface area contributed by atoms with Crippen LogP contribution in [0.1, 0.15) is 15.4 Å². The number of benzene rings is 1. The summed E-state index contributed by atoms with van der Waals surface area (Å²) in [6, 6.07) is 6.37. The number of halogens is 2. The number of nitrogens with zero attached hydrogens (tertiary/aromatic N) is 3. The molecule has 1 aliphatic rings. The lowest BCUT2D eigenvalue weighted by Crippen LogP contribution is -2.50. The van der Waals surface area contributed by atoms with Crippen LogP contribution in [0.2, 0.25) is 0 Å². The molecular weight excluding hydrogens is 452 g/mol. The van der Waals surface area contributed by atoms with E-state index in [9.17, 15) is 22.0 Å². The maximum atomic E-state index is 13.5. The average molecular weight is 470 g/mol. The Labute approximate surface area is 180 Å². The van der Waals surface area contributed by atoms with E-state index in [1.807, 2.05) is 17.5 Å². The van der Waals surface area contributed by atoms with Gasteiger partial charge in [-0.3, -0.25) is 4.79 Å². The summed E-state index contributed by atoms with van der Waals surface area (Å²) >= 11 is 2.87. The molecule has 0 unspecified atom stereocenters. The van der Waals surface area contributed by atoms with Crippen LogP contribution in [0.15, 0.2) is 40.6 Å². The van der Waals surface area contributed by atoms with E-state index < -0.39 is 21.7 Å². The molecule has 0 spiro atoms. The number of sulfonamides is 1. The van der Waals surface area contributed by atoms with Crippen LogP contribution in [0.4, 0.5) is 8.78 Å². The number of hydrogen-bond acceptors (Lipinski definition) is 6. The molecule has 0 N–H and O–H groups in total. The van der Waals surface area contributed by atoms with Gasteiger partial charge in [0.2, 0.25) is 10.0 Å². The highest BCUT2D eigenvalue weighted by Gasteiger charge is 2.32. The number of thiazole rings is 1. The van der Waals surface area contributed by atoms with E-state index in [1.54, 1.807) is 23.2 Å². The van der Waals surface area contributed by atoms with Crippen LogP contribution >= 0.6 is 22.7 Å². The molecule has 3 aromatic rings. The van der Waals surface area contributed by atoms with E-state index in [-0.39, 0.29) is 37.0 Å². The van der Waals surface area contributed by atoms with Gasteiger partial charge in [-0.2, -0.15) is 4.31 Å². The van der Waals surface area contributed by atoms with Crippen LogP contribution in [0, 0.1) is 18.6 Å². The van der Waals surface area contributed by atoms with Crippen molar-refractivity contribution in [2.45, 2.75) is 11.8 Å². The maximum absolute atomic E-state index is 13.5. The van der Waals surface area contributed by atoms with Gasteiger partial charge in [0.1, 0.15) is 9.88 Å². The molecule has 0 saturated carbocycles. The molecule has 30 heavy (non-hydrogen) atoms. The minimum Gasteiger partial charge on any atom is -0.335 e.